The summed E-state index contributed by atoms with van der Waals surface area (Å²) in [6, 6.07) is 7.82. The van der Waals surface area contributed by atoms with Crippen LogP contribution in [0.5, 0.6) is 0 Å². The maximum atomic E-state index is 12.5. The standard InChI is InChI=1S/C16H20BrNO3/c1-18(10-13-5-2-3-8-14(13)17)15(19)11-6-4-7-12(9-11)16(20)21/h2-3,5,8,11-12H,4,6-7,9-10H2,1H3,(H,20,21). The molecule has 4 nitrogen and oxygen atoms in total. The fourth-order valence-corrected chi connectivity index (χ4v) is 3.32. The third kappa shape index (κ3) is 4.06. The minimum atomic E-state index is -0.777. The molecule has 5 heteroatoms. The average molecular weight is 354 g/mol. The van der Waals surface area contributed by atoms with Gasteiger partial charge in [0.15, 0.2) is 0 Å². The van der Waals surface area contributed by atoms with Gasteiger partial charge in [0.1, 0.15) is 0 Å². The maximum Gasteiger partial charge on any atom is 0.306 e. The Morgan fingerprint density at radius 3 is 2.62 bits per heavy atom. The summed E-state index contributed by atoms with van der Waals surface area (Å²) in [4.78, 5) is 25.3. The molecule has 21 heavy (non-hydrogen) atoms. The topological polar surface area (TPSA) is 57.6 Å². The van der Waals surface area contributed by atoms with Gasteiger partial charge in [0.2, 0.25) is 5.91 Å². The first-order valence-electron chi connectivity index (χ1n) is 7.20. The first-order chi connectivity index (χ1) is 9.99. The van der Waals surface area contributed by atoms with Gasteiger partial charge in [0.05, 0.1) is 5.92 Å². The second kappa shape index (κ2) is 7.07. The number of halogens is 1. The molecule has 2 rings (SSSR count). The summed E-state index contributed by atoms with van der Waals surface area (Å²) in [6.07, 6.45) is 2.76. The molecule has 1 amide bonds. The van der Waals surface area contributed by atoms with Crippen molar-refractivity contribution in [2.24, 2.45) is 11.8 Å². The number of carbonyl (C=O) groups excluding carboxylic acids is 1. The third-order valence-electron chi connectivity index (χ3n) is 4.11. The first-order valence-corrected chi connectivity index (χ1v) is 7.99. The Morgan fingerprint density at radius 1 is 1.29 bits per heavy atom. The lowest BCUT2D eigenvalue weighted by Gasteiger charge is -2.29. The van der Waals surface area contributed by atoms with E-state index in [1.54, 1.807) is 11.9 Å². The van der Waals surface area contributed by atoms with Crippen LogP contribution in [0.2, 0.25) is 0 Å². The molecule has 0 aliphatic heterocycles. The molecular formula is C16H20BrNO3. The van der Waals surface area contributed by atoms with Crippen molar-refractivity contribution >= 4 is 27.8 Å². The van der Waals surface area contributed by atoms with Crippen molar-refractivity contribution in [3.63, 3.8) is 0 Å². The van der Waals surface area contributed by atoms with Gasteiger partial charge in [0, 0.05) is 24.0 Å². The van der Waals surface area contributed by atoms with E-state index in [1.807, 2.05) is 24.3 Å². The van der Waals surface area contributed by atoms with E-state index < -0.39 is 5.97 Å². The summed E-state index contributed by atoms with van der Waals surface area (Å²) in [7, 11) is 1.78. The van der Waals surface area contributed by atoms with E-state index in [2.05, 4.69) is 15.9 Å². The van der Waals surface area contributed by atoms with Gasteiger partial charge in [0.25, 0.3) is 0 Å². The molecule has 0 aromatic heterocycles. The molecule has 1 aromatic rings. The number of hydrogen-bond acceptors (Lipinski definition) is 2. The molecule has 1 fully saturated rings. The van der Waals surface area contributed by atoms with Crippen molar-refractivity contribution < 1.29 is 14.7 Å². The Bertz CT molecular complexity index is 532. The summed E-state index contributed by atoms with van der Waals surface area (Å²) >= 11 is 3.48. The Balaban J connectivity index is 1.99. The zero-order valence-corrected chi connectivity index (χ0v) is 13.7. The van der Waals surface area contributed by atoms with Gasteiger partial charge in [-0.3, -0.25) is 9.59 Å². The van der Waals surface area contributed by atoms with Gasteiger partial charge >= 0.3 is 5.97 Å². The van der Waals surface area contributed by atoms with E-state index in [0.717, 1.165) is 22.9 Å². The lowest BCUT2D eigenvalue weighted by Crippen LogP contribution is -2.36. The predicted molar refractivity (Wildman–Crippen MR) is 83.7 cm³/mol. The van der Waals surface area contributed by atoms with Crippen molar-refractivity contribution in [1.82, 2.24) is 4.90 Å². The largest absolute Gasteiger partial charge is 0.481 e. The van der Waals surface area contributed by atoms with E-state index in [1.165, 1.54) is 0 Å². The second-order valence-electron chi connectivity index (χ2n) is 5.68. The molecule has 0 bridgehead atoms. The van der Waals surface area contributed by atoms with Crippen LogP contribution in [0.4, 0.5) is 0 Å². The van der Waals surface area contributed by atoms with Crippen LogP contribution in [0, 0.1) is 11.8 Å². The predicted octanol–water partition coefficient (Wildman–Crippen LogP) is 3.30. The number of aliphatic carboxylic acids is 1. The lowest BCUT2D eigenvalue weighted by atomic mass is 9.81. The number of hydrogen-bond donors (Lipinski definition) is 1. The molecule has 1 aliphatic carbocycles. The smallest absolute Gasteiger partial charge is 0.306 e. The highest BCUT2D eigenvalue weighted by Gasteiger charge is 2.32. The molecule has 0 saturated heterocycles. The Kier molecular flexibility index (Phi) is 5.39. The van der Waals surface area contributed by atoms with Gasteiger partial charge in [-0.2, -0.15) is 0 Å². The van der Waals surface area contributed by atoms with Crippen LogP contribution in [0.25, 0.3) is 0 Å². The summed E-state index contributed by atoms with van der Waals surface area (Å²) in [5, 5.41) is 9.12. The van der Waals surface area contributed by atoms with Crippen LogP contribution in [-0.4, -0.2) is 28.9 Å². The minimum Gasteiger partial charge on any atom is -0.481 e. The van der Waals surface area contributed by atoms with Crippen molar-refractivity contribution in [2.45, 2.75) is 32.2 Å². The summed E-state index contributed by atoms with van der Waals surface area (Å²) in [6.45, 7) is 0.536. The molecule has 2 unspecified atom stereocenters. The van der Waals surface area contributed by atoms with Crippen LogP contribution >= 0.6 is 15.9 Å². The normalized spacial score (nSPS) is 21.8. The Labute approximate surface area is 133 Å². The van der Waals surface area contributed by atoms with Gasteiger partial charge < -0.3 is 10.0 Å². The van der Waals surface area contributed by atoms with Crippen LogP contribution < -0.4 is 0 Å². The van der Waals surface area contributed by atoms with Crippen molar-refractivity contribution in [1.29, 1.82) is 0 Å². The van der Waals surface area contributed by atoms with Crippen LogP contribution in [0.15, 0.2) is 28.7 Å². The molecule has 0 spiro atoms. The van der Waals surface area contributed by atoms with Crippen LogP contribution in [0.3, 0.4) is 0 Å². The van der Waals surface area contributed by atoms with Crippen molar-refractivity contribution in [3.8, 4) is 0 Å². The fraction of sp³-hybridized carbons (Fsp3) is 0.500. The highest BCUT2D eigenvalue weighted by atomic mass is 79.9. The average Bonchev–Trinajstić information content (AvgIpc) is 2.49. The first kappa shape index (κ1) is 16.0. The molecule has 0 heterocycles. The molecule has 1 aliphatic rings. The summed E-state index contributed by atoms with van der Waals surface area (Å²) in [5.41, 5.74) is 1.05. The molecule has 1 N–H and O–H groups in total. The van der Waals surface area contributed by atoms with E-state index in [0.29, 0.717) is 19.4 Å². The SMILES string of the molecule is CN(Cc1ccccc1Br)C(=O)C1CCCC(C(=O)O)C1. The lowest BCUT2D eigenvalue weighted by molar-refractivity contribution is -0.145. The number of benzene rings is 1. The molecule has 114 valence electrons. The van der Waals surface area contributed by atoms with E-state index in [-0.39, 0.29) is 17.7 Å². The highest BCUT2D eigenvalue weighted by Crippen LogP contribution is 2.31. The van der Waals surface area contributed by atoms with Crippen LogP contribution in [0.1, 0.15) is 31.2 Å². The van der Waals surface area contributed by atoms with E-state index in [9.17, 15) is 9.59 Å². The molecule has 1 saturated carbocycles. The van der Waals surface area contributed by atoms with Gasteiger partial charge in [-0.15, -0.1) is 0 Å². The minimum absolute atomic E-state index is 0.0525. The summed E-state index contributed by atoms with van der Waals surface area (Å²) < 4.78 is 0.983. The molecule has 2 atom stereocenters. The number of carbonyl (C=O) groups is 2. The van der Waals surface area contributed by atoms with Gasteiger partial charge in [-0.1, -0.05) is 40.5 Å². The molecule has 0 radical (unpaired) electrons. The van der Waals surface area contributed by atoms with Crippen molar-refractivity contribution in [2.75, 3.05) is 7.05 Å². The molecular weight excluding hydrogens is 334 g/mol. The Morgan fingerprint density at radius 2 is 1.95 bits per heavy atom. The summed E-state index contributed by atoms with van der Waals surface area (Å²) in [5.74, 6) is -1.26. The van der Waals surface area contributed by atoms with Crippen LogP contribution in [-0.2, 0) is 16.1 Å². The van der Waals surface area contributed by atoms with Crippen molar-refractivity contribution in [3.05, 3.63) is 34.3 Å². The molecule has 1 aromatic carbocycles. The number of nitrogens with zero attached hydrogens (tertiary/aromatic N) is 1. The van der Waals surface area contributed by atoms with Gasteiger partial charge in [-0.05, 0) is 30.9 Å². The number of carboxylic acids is 1. The fourth-order valence-electron chi connectivity index (χ4n) is 2.91. The highest BCUT2D eigenvalue weighted by molar-refractivity contribution is 9.10. The monoisotopic (exact) mass is 353 g/mol. The van der Waals surface area contributed by atoms with E-state index >= 15 is 0 Å². The zero-order chi connectivity index (χ0) is 15.4. The third-order valence-corrected chi connectivity index (χ3v) is 4.89. The Hall–Kier alpha value is -1.36. The van der Waals surface area contributed by atoms with E-state index in [4.69, 9.17) is 5.11 Å². The number of carboxylic acid groups (broad SMARTS) is 1. The maximum absolute atomic E-state index is 12.5. The quantitative estimate of drug-likeness (QED) is 0.903. The number of rotatable bonds is 4. The second-order valence-corrected chi connectivity index (χ2v) is 6.54. The van der Waals surface area contributed by atoms with Gasteiger partial charge in [-0.25, -0.2) is 0 Å². The zero-order valence-electron chi connectivity index (χ0n) is 12.1. The number of amides is 1.